The molecule has 0 saturated carbocycles. The van der Waals surface area contributed by atoms with E-state index >= 15 is 0 Å². The van der Waals surface area contributed by atoms with Crippen molar-refractivity contribution in [2.75, 3.05) is 26.7 Å². The van der Waals surface area contributed by atoms with Crippen molar-refractivity contribution in [2.24, 2.45) is 0 Å². The number of carbonyl (C=O) groups excluding carboxylic acids is 2. The standard InChI is InChI=1S/C11H23N3O3/c1-4-5-6-14(7-8-15)9(2)10(16)13-11(17)12-3/h9,15H,4-8H2,1-3H3,(H2,12,13,16,17). The molecule has 0 fully saturated rings. The summed E-state index contributed by atoms with van der Waals surface area (Å²) >= 11 is 0. The Balaban J connectivity index is 4.31. The maximum absolute atomic E-state index is 11.7. The molecule has 100 valence electrons. The van der Waals surface area contributed by atoms with Gasteiger partial charge in [0.25, 0.3) is 0 Å². The smallest absolute Gasteiger partial charge is 0.321 e. The van der Waals surface area contributed by atoms with Crippen molar-refractivity contribution >= 4 is 11.9 Å². The first-order chi connectivity index (χ1) is 8.06. The van der Waals surface area contributed by atoms with Gasteiger partial charge in [0.1, 0.15) is 0 Å². The lowest BCUT2D eigenvalue weighted by Crippen LogP contribution is -2.50. The molecule has 0 saturated heterocycles. The predicted molar refractivity (Wildman–Crippen MR) is 65.6 cm³/mol. The first-order valence-electron chi connectivity index (χ1n) is 5.94. The average molecular weight is 245 g/mol. The SMILES string of the molecule is CCCCN(CCO)C(C)C(=O)NC(=O)NC. The zero-order chi connectivity index (χ0) is 13.3. The van der Waals surface area contributed by atoms with Crippen molar-refractivity contribution in [3.63, 3.8) is 0 Å². The first-order valence-corrected chi connectivity index (χ1v) is 5.94. The topological polar surface area (TPSA) is 81.7 Å². The van der Waals surface area contributed by atoms with Crippen LogP contribution in [0, 0.1) is 0 Å². The molecule has 0 aliphatic heterocycles. The summed E-state index contributed by atoms with van der Waals surface area (Å²) in [6, 6.07) is -0.938. The number of hydrogen-bond acceptors (Lipinski definition) is 4. The third-order valence-corrected chi connectivity index (χ3v) is 2.58. The van der Waals surface area contributed by atoms with Crippen LogP contribution in [0.1, 0.15) is 26.7 Å². The van der Waals surface area contributed by atoms with Crippen molar-refractivity contribution in [2.45, 2.75) is 32.7 Å². The summed E-state index contributed by atoms with van der Waals surface area (Å²) in [5.74, 6) is -0.353. The molecule has 0 bridgehead atoms. The molecule has 0 rings (SSSR count). The number of nitrogens with one attached hydrogen (secondary N) is 2. The molecule has 1 atom stereocenters. The number of unbranched alkanes of at least 4 members (excludes halogenated alkanes) is 1. The molecule has 3 amide bonds. The van der Waals surface area contributed by atoms with Gasteiger partial charge in [-0.05, 0) is 19.9 Å². The lowest BCUT2D eigenvalue weighted by molar-refractivity contribution is -0.124. The zero-order valence-corrected chi connectivity index (χ0v) is 10.8. The van der Waals surface area contributed by atoms with Crippen LogP contribution in [-0.2, 0) is 4.79 Å². The highest BCUT2D eigenvalue weighted by molar-refractivity contribution is 5.96. The van der Waals surface area contributed by atoms with Gasteiger partial charge in [-0.3, -0.25) is 15.0 Å². The molecular weight excluding hydrogens is 222 g/mol. The molecule has 1 unspecified atom stereocenters. The minimum Gasteiger partial charge on any atom is -0.395 e. The van der Waals surface area contributed by atoms with Crippen molar-refractivity contribution in [1.29, 1.82) is 0 Å². The van der Waals surface area contributed by atoms with Gasteiger partial charge in [-0.15, -0.1) is 0 Å². The Bertz CT molecular complexity index is 246. The van der Waals surface area contributed by atoms with Gasteiger partial charge in [-0.2, -0.15) is 0 Å². The van der Waals surface area contributed by atoms with Crippen LogP contribution in [0.3, 0.4) is 0 Å². The highest BCUT2D eigenvalue weighted by atomic mass is 16.3. The highest BCUT2D eigenvalue weighted by Gasteiger charge is 2.21. The van der Waals surface area contributed by atoms with Crippen LogP contribution in [0.2, 0.25) is 0 Å². The van der Waals surface area contributed by atoms with E-state index in [1.54, 1.807) is 6.92 Å². The summed E-state index contributed by atoms with van der Waals surface area (Å²) in [4.78, 5) is 24.6. The van der Waals surface area contributed by atoms with E-state index in [1.807, 2.05) is 4.90 Å². The number of aliphatic hydroxyl groups is 1. The van der Waals surface area contributed by atoms with E-state index in [9.17, 15) is 9.59 Å². The van der Waals surface area contributed by atoms with E-state index < -0.39 is 12.1 Å². The minimum atomic E-state index is -0.513. The Morgan fingerprint density at radius 2 is 2.00 bits per heavy atom. The Kier molecular flexibility index (Phi) is 8.35. The summed E-state index contributed by atoms with van der Waals surface area (Å²) < 4.78 is 0. The van der Waals surface area contributed by atoms with Crippen molar-refractivity contribution in [3.8, 4) is 0 Å². The number of urea groups is 1. The van der Waals surface area contributed by atoms with E-state index in [1.165, 1.54) is 7.05 Å². The van der Waals surface area contributed by atoms with Gasteiger partial charge in [0.2, 0.25) is 5.91 Å². The van der Waals surface area contributed by atoms with Crippen molar-refractivity contribution < 1.29 is 14.7 Å². The van der Waals surface area contributed by atoms with Crippen LogP contribution in [0.5, 0.6) is 0 Å². The van der Waals surface area contributed by atoms with Gasteiger partial charge in [0, 0.05) is 13.6 Å². The molecule has 0 aromatic carbocycles. The van der Waals surface area contributed by atoms with Crippen LogP contribution in [0.25, 0.3) is 0 Å². The molecular formula is C11H23N3O3. The predicted octanol–water partition coefficient (Wildman–Crippen LogP) is -0.0751. The summed E-state index contributed by atoms with van der Waals surface area (Å²) in [5, 5.41) is 13.5. The Morgan fingerprint density at radius 3 is 2.47 bits per heavy atom. The van der Waals surface area contributed by atoms with Crippen molar-refractivity contribution in [3.05, 3.63) is 0 Å². The molecule has 0 aromatic heterocycles. The molecule has 6 nitrogen and oxygen atoms in total. The molecule has 0 aromatic rings. The van der Waals surface area contributed by atoms with Gasteiger partial charge in [0.05, 0.1) is 12.6 Å². The van der Waals surface area contributed by atoms with E-state index in [-0.39, 0.29) is 12.5 Å². The molecule has 0 aliphatic carbocycles. The van der Waals surface area contributed by atoms with Gasteiger partial charge in [-0.1, -0.05) is 13.3 Å². The third kappa shape index (κ3) is 6.23. The molecule has 17 heavy (non-hydrogen) atoms. The molecule has 0 aliphatic rings. The summed E-state index contributed by atoms with van der Waals surface area (Å²) in [6.07, 6.45) is 1.98. The van der Waals surface area contributed by atoms with E-state index in [4.69, 9.17) is 5.11 Å². The van der Waals surface area contributed by atoms with Gasteiger partial charge in [0.15, 0.2) is 0 Å². The van der Waals surface area contributed by atoms with Crippen LogP contribution >= 0.6 is 0 Å². The fourth-order valence-electron chi connectivity index (χ4n) is 1.43. The maximum Gasteiger partial charge on any atom is 0.321 e. The monoisotopic (exact) mass is 245 g/mol. The molecule has 0 spiro atoms. The summed E-state index contributed by atoms with van der Waals surface area (Å²) in [6.45, 7) is 4.96. The van der Waals surface area contributed by atoms with E-state index in [0.29, 0.717) is 6.54 Å². The number of aliphatic hydroxyl groups excluding tert-OH is 1. The number of nitrogens with zero attached hydrogens (tertiary/aromatic N) is 1. The minimum absolute atomic E-state index is 0.00130. The Hall–Kier alpha value is -1.14. The van der Waals surface area contributed by atoms with Crippen LogP contribution in [0.15, 0.2) is 0 Å². The lowest BCUT2D eigenvalue weighted by Gasteiger charge is -2.27. The number of amides is 3. The van der Waals surface area contributed by atoms with Gasteiger partial charge >= 0.3 is 6.03 Å². The first kappa shape index (κ1) is 15.9. The fourth-order valence-corrected chi connectivity index (χ4v) is 1.43. The third-order valence-electron chi connectivity index (χ3n) is 2.58. The maximum atomic E-state index is 11.7. The normalized spacial score (nSPS) is 12.3. The lowest BCUT2D eigenvalue weighted by atomic mass is 10.2. The Labute approximate surface area is 102 Å². The summed E-state index contributed by atoms with van der Waals surface area (Å²) in [5.41, 5.74) is 0. The zero-order valence-electron chi connectivity index (χ0n) is 10.8. The number of rotatable bonds is 7. The second-order valence-corrected chi connectivity index (χ2v) is 3.86. The van der Waals surface area contributed by atoms with Crippen LogP contribution in [-0.4, -0.2) is 54.7 Å². The number of carbonyl (C=O) groups is 2. The molecule has 3 N–H and O–H groups in total. The molecule has 6 heteroatoms. The average Bonchev–Trinajstić information content (AvgIpc) is 2.33. The van der Waals surface area contributed by atoms with Crippen molar-refractivity contribution in [1.82, 2.24) is 15.5 Å². The summed E-state index contributed by atoms with van der Waals surface area (Å²) in [7, 11) is 1.45. The van der Waals surface area contributed by atoms with Gasteiger partial charge < -0.3 is 10.4 Å². The fraction of sp³-hybridized carbons (Fsp3) is 0.818. The van der Waals surface area contributed by atoms with E-state index in [0.717, 1.165) is 19.4 Å². The number of hydrogen-bond donors (Lipinski definition) is 3. The quantitative estimate of drug-likeness (QED) is 0.586. The van der Waals surface area contributed by atoms with Gasteiger partial charge in [-0.25, -0.2) is 4.79 Å². The largest absolute Gasteiger partial charge is 0.395 e. The second-order valence-electron chi connectivity index (χ2n) is 3.86. The van der Waals surface area contributed by atoms with Crippen LogP contribution in [0.4, 0.5) is 4.79 Å². The molecule has 0 radical (unpaired) electrons. The Morgan fingerprint density at radius 1 is 1.35 bits per heavy atom. The van der Waals surface area contributed by atoms with Crippen LogP contribution < -0.4 is 10.6 Å². The highest BCUT2D eigenvalue weighted by Crippen LogP contribution is 2.02. The number of imide groups is 1. The van der Waals surface area contributed by atoms with E-state index in [2.05, 4.69) is 17.6 Å². The molecule has 0 heterocycles. The second kappa shape index (κ2) is 8.95.